The summed E-state index contributed by atoms with van der Waals surface area (Å²) >= 11 is 0. The second-order valence-electron chi connectivity index (χ2n) is 4.29. The zero-order chi connectivity index (χ0) is 13.8. The Hall–Kier alpha value is -1.21. The van der Waals surface area contributed by atoms with Gasteiger partial charge in [-0.05, 0) is 12.1 Å². The molecule has 1 fully saturated rings. The first-order valence-electron chi connectivity index (χ1n) is 5.78. The van der Waals surface area contributed by atoms with Crippen molar-refractivity contribution in [2.45, 2.75) is 13.0 Å². The van der Waals surface area contributed by atoms with Gasteiger partial charge in [-0.3, -0.25) is 10.1 Å². The number of nitrogens with zero attached hydrogens (tertiary/aromatic N) is 1. The second-order valence-corrected chi connectivity index (χ2v) is 6.85. The number of carbonyl (C=O) groups is 1. The normalized spacial score (nSPS) is 22.8. The molecule has 0 aromatic heterocycles. The predicted molar refractivity (Wildman–Crippen MR) is 76.4 cm³/mol. The maximum Gasteiger partial charge on any atom is 0.338 e. The number of carbonyl (C=O) groups excluding carboxylic acids is 1. The molecule has 5 nitrogen and oxygen atoms in total. The molecular formula is C12H13NO4S2. The second kappa shape index (κ2) is 6.29. The van der Waals surface area contributed by atoms with Crippen molar-refractivity contribution < 1.29 is 14.5 Å². The van der Waals surface area contributed by atoms with Crippen molar-refractivity contribution in [3.05, 3.63) is 39.9 Å². The Morgan fingerprint density at radius 2 is 1.95 bits per heavy atom. The molecule has 1 aromatic carbocycles. The van der Waals surface area contributed by atoms with Gasteiger partial charge in [0.1, 0.15) is 6.10 Å². The smallest absolute Gasteiger partial charge is 0.338 e. The summed E-state index contributed by atoms with van der Waals surface area (Å²) in [4.78, 5) is 22.0. The number of non-ortho nitro benzene ring substituents is 1. The summed E-state index contributed by atoms with van der Waals surface area (Å²) in [7, 11) is 3.49. The summed E-state index contributed by atoms with van der Waals surface area (Å²) in [5, 5.41) is 10.5. The first-order valence-corrected chi connectivity index (χ1v) is 8.26. The molecule has 1 aromatic rings. The molecule has 0 saturated carbocycles. The summed E-state index contributed by atoms with van der Waals surface area (Å²) in [6.07, 6.45) is -0.0889. The van der Waals surface area contributed by atoms with E-state index >= 15 is 0 Å². The van der Waals surface area contributed by atoms with E-state index in [0.717, 1.165) is 11.5 Å². The highest BCUT2D eigenvalue weighted by molar-refractivity contribution is 8.76. The Bertz CT molecular complexity index is 477. The fourth-order valence-electron chi connectivity index (χ4n) is 1.62. The highest BCUT2D eigenvalue weighted by Gasteiger charge is 2.26. The molecule has 1 saturated heterocycles. The minimum Gasteiger partial charge on any atom is -0.458 e. The SMILES string of the molecule is CC1CSSC[C@H]1OC(=O)c1ccc([N+](=O)[O-])cc1. The van der Waals surface area contributed by atoms with Crippen LogP contribution in [0, 0.1) is 16.0 Å². The number of rotatable bonds is 3. The van der Waals surface area contributed by atoms with Crippen LogP contribution in [-0.4, -0.2) is 28.5 Å². The Morgan fingerprint density at radius 3 is 2.53 bits per heavy atom. The molecule has 0 bridgehead atoms. The number of hydrogen-bond acceptors (Lipinski definition) is 6. The van der Waals surface area contributed by atoms with E-state index in [1.165, 1.54) is 24.3 Å². The van der Waals surface area contributed by atoms with Crippen molar-refractivity contribution in [1.82, 2.24) is 0 Å². The molecule has 1 heterocycles. The highest BCUT2D eigenvalue weighted by atomic mass is 33.1. The largest absolute Gasteiger partial charge is 0.458 e. The summed E-state index contributed by atoms with van der Waals surface area (Å²) in [6.45, 7) is 2.06. The van der Waals surface area contributed by atoms with Crippen LogP contribution in [0.4, 0.5) is 5.69 Å². The lowest BCUT2D eigenvalue weighted by Gasteiger charge is -2.27. The molecule has 7 heteroatoms. The number of esters is 1. The van der Waals surface area contributed by atoms with Gasteiger partial charge in [0.2, 0.25) is 0 Å². The molecule has 0 aliphatic carbocycles. The predicted octanol–water partition coefficient (Wildman–Crippen LogP) is 3.15. The van der Waals surface area contributed by atoms with Crippen LogP contribution in [-0.2, 0) is 4.74 Å². The molecule has 2 rings (SSSR count). The molecule has 0 spiro atoms. The molecule has 102 valence electrons. The quantitative estimate of drug-likeness (QED) is 0.369. The van der Waals surface area contributed by atoms with E-state index in [-0.39, 0.29) is 11.8 Å². The van der Waals surface area contributed by atoms with Crippen molar-refractivity contribution in [1.29, 1.82) is 0 Å². The number of nitro groups is 1. The molecule has 0 N–H and O–H groups in total. The zero-order valence-electron chi connectivity index (χ0n) is 10.3. The first kappa shape index (κ1) is 14.2. The van der Waals surface area contributed by atoms with Gasteiger partial charge in [0.05, 0.1) is 10.5 Å². The summed E-state index contributed by atoms with van der Waals surface area (Å²) in [6, 6.07) is 5.47. The van der Waals surface area contributed by atoms with E-state index in [9.17, 15) is 14.9 Å². The van der Waals surface area contributed by atoms with E-state index < -0.39 is 10.9 Å². The van der Waals surface area contributed by atoms with Crippen LogP contribution in [0.5, 0.6) is 0 Å². The number of nitro benzene ring substituents is 1. The van der Waals surface area contributed by atoms with Gasteiger partial charge < -0.3 is 4.74 Å². The van der Waals surface area contributed by atoms with E-state index in [1.54, 1.807) is 21.6 Å². The van der Waals surface area contributed by atoms with Crippen molar-refractivity contribution in [2.75, 3.05) is 11.5 Å². The lowest BCUT2D eigenvalue weighted by atomic mass is 10.1. The van der Waals surface area contributed by atoms with Crippen LogP contribution in [0.15, 0.2) is 24.3 Å². The molecule has 1 unspecified atom stereocenters. The standard InChI is InChI=1S/C12H13NO4S2/c1-8-6-18-19-7-11(8)17-12(14)9-2-4-10(5-3-9)13(15)16/h2-5,8,11H,6-7H2,1H3/t8?,11-/m1/s1. The van der Waals surface area contributed by atoms with Crippen LogP contribution >= 0.6 is 21.6 Å². The molecular weight excluding hydrogens is 286 g/mol. The third-order valence-electron chi connectivity index (χ3n) is 2.85. The van der Waals surface area contributed by atoms with Gasteiger partial charge >= 0.3 is 5.97 Å². The molecule has 1 aliphatic heterocycles. The third kappa shape index (κ3) is 3.63. The van der Waals surface area contributed by atoms with E-state index in [1.807, 2.05) is 0 Å². The lowest BCUT2D eigenvalue weighted by Crippen LogP contribution is -2.31. The van der Waals surface area contributed by atoms with Crippen LogP contribution < -0.4 is 0 Å². The summed E-state index contributed by atoms with van der Waals surface area (Å²) in [5.41, 5.74) is 0.315. The van der Waals surface area contributed by atoms with Gasteiger partial charge in [-0.2, -0.15) is 0 Å². The Morgan fingerprint density at radius 1 is 1.32 bits per heavy atom. The Balaban J connectivity index is 2.01. The van der Waals surface area contributed by atoms with Crippen LogP contribution in [0.25, 0.3) is 0 Å². The molecule has 2 atom stereocenters. The first-order chi connectivity index (χ1) is 9.08. The maximum atomic E-state index is 11.9. The highest BCUT2D eigenvalue weighted by Crippen LogP contribution is 2.34. The average molecular weight is 299 g/mol. The topological polar surface area (TPSA) is 69.4 Å². The van der Waals surface area contributed by atoms with Crippen LogP contribution in [0.3, 0.4) is 0 Å². The molecule has 19 heavy (non-hydrogen) atoms. The van der Waals surface area contributed by atoms with Crippen LogP contribution in [0.1, 0.15) is 17.3 Å². The third-order valence-corrected chi connectivity index (χ3v) is 5.46. The van der Waals surface area contributed by atoms with E-state index in [4.69, 9.17) is 4.74 Å². The minimum absolute atomic E-state index is 0.0328. The summed E-state index contributed by atoms with van der Waals surface area (Å²) < 4.78 is 5.45. The monoisotopic (exact) mass is 299 g/mol. The zero-order valence-corrected chi connectivity index (χ0v) is 11.9. The minimum atomic E-state index is -0.494. The van der Waals surface area contributed by atoms with Gasteiger partial charge in [-0.15, -0.1) is 0 Å². The van der Waals surface area contributed by atoms with Crippen molar-refractivity contribution in [2.24, 2.45) is 5.92 Å². The molecule has 0 radical (unpaired) electrons. The lowest BCUT2D eigenvalue weighted by molar-refractivity contribution is -0.384. The number of benzene rings is 1. The summed E-state index contributed by atoms with van der Waals surface area (Å²) in [5.74, 6) is 1.65. The van der Waals surface area contributed by atoms with Gasteiger partial charge in [0.25, 0.3) is 5.69 Å². The van der Waals surface area contributed by atoms with E-state index in [0.29, 0.717) is 11.5 Å². The fourth-order valence-corrected chi connectivity index (χ4v) is 4.39. The molecule has 0 amide bonds. The number of ether oxygens (including phenoxy) is 1. The Labute approximate surface area is 118 Å². The molecule has 1 aliphatic rings. The van der Waals surface area contributed by atoms with E-state index in [2.05, 4.69) is 6.92 Å². The van der Waals surface area contributed by atoms with Gasteiger partial charge in [0.15, 0.2) is 0 Å². The van der Waals surface area contributed by atoms with Crippen molar-refractivity contribution >= 4 is 33.2 Å². The van der Waals surface area contributed by atoms with Gasteiger partial charge in [-0.25, -0.2) is 4.79 Å². The Kier molecular flexibility index (Phi) is 4.71. The van der Waals surface area contributed by atoms with Crippen molar-refractivity contribution in [3.63, 3.8) is 0 Å². The maximum absolute atomic E-state index is 11.9. The van der Waals surface area contributed by atoms with Crippen LogP contribution in [0.2, 0.25) is 0 Å². The number of hydrogen-bond donors (Lipinski definition) is 0. The average Bonchev–Trinajstić information content (AvgIpc) is 2.41. The van der Waals surface area contributed by atoms with Crippen molar-refractivity contribution in [3.8, 4) is 0 Å². The fraction of sp³-hybridized carbons (Fsp3) is 0.417. The van der Waals surface area contributed by atoms with Gasteiger partial charge in [0, 0.05) is 29.6 Å². The van der Waals surface area contributed by atoms with Gasteiger partial charge in [-0.1, -0.05) is 28.5 Å².